The van der Waals surface area contributed by atoms with Crippen molar-refractivity contribution in [3.8, 4) is 0 Å². The lowest BCUT2D eigenvalue weighted by atomic mass is 10.3. The molecule has 1 atom stereocenters. The number of likely N-dealkylation sites (N-methyl/N-ethyl adjacent to an activating group) is 1. The third kappa shape index (κ3) is 2.61. The fourth-order valence-corrected chi connectivity index (χ4v) is 2.34. The van der Waals surface area contributed by atoms with Crippen molar-refractivity contribution in [3.63, 3.8) is 0 Å². The van der Waals surface area contributed by atoms with Gasteiger partial charge in [-0.2, -0.15) is 0 Å². The Hall–Kier alpha value is -2.04. The number of carbonyl (C=O) groups excluding carboxylic acids is 1. The number of hydrogen-bond acceptors (Lipinski definition) is 3. The zero-order valence-corrected chi connectivity index (χ0v) is 12.6. The number of amides is 1. The lowest BCUT2D eigenvalue weighted by molar-refractivity contribution is -0.131. The summed E-state index contributed by atoms with van der Waals surface area (Å²) in [5.41, 5.74) is 1.98. The molecule has 0 fully saturated rings. The molecule has 1 N–H and O–H groups in total. The molecule has 1 unspecified atom stereocenters. The van der Waals surface area contributed by atoms with Gasteiger partial charge in [0, 0.05) is 20.1 Å². The summed E-state index contributed by atoms with van der Waals surface area (Å²) in [6.45, 7) is 7.31. The van der Waals surface area contributed by atoms with Crippen molar-refractivity contribution < 1.29 is 4.79 Å². The topological polar surface area (TPSA) is 50.2 Å². The van der Waals surface area contributed by atoms with E-state index in [1.54, 1.807) is 0 Å². The van der Waals surface area contributed by atoms with Gasteiger partial charge in [0.2, 0.25) is 11.9 Å². The Morgan fingerprint density at radius 3 is 2.60 bits per heavy atom. The molecule has 2 rings (SSSR count). The van der Waals surface area contributed by atoms with Crippen LogP contribution in [0.5, 0.6) is 0 Å². The van der Waals surface area contributed by atoms with Crippen LogP contribution in [-0.4, -0.2) is 39.5 Å². The average molecular weight is 274 g/mol. The number of rotatable bonds is 5. The Kier molecular flexibility index (Phi) is 4.27. The Morgan fingerprint density at radius 2 is 2.00 bits per heavy atom. The molecule has 5 nitrogen and oxygen atoms in total. The molecule has 1 heterocycles. The highest BCUT2D eigenvalue weighted by Crippen LogP contribution is 2.18. The van der Waals surface area contributed by atoms with Crippen LogP contribution < -0.4 is 5.32 Å². The standard InChI is InChI=1S/C15H22N4O/c1-5-19(6-2)14(20)11(3)16-15-17-12-9-7-8-10-13(12)18(15)4/h7-11H,5-6H2,1-4H3,(H,16,17). The van der Waals surface area contributed by atoms with Crippen molar-refractivity contribution in [3.05, 3.63) is 24.3 Å². The monoisotopic (exact) mass is 274 g/mol. The van der Waals surface area contributed by atoms with E-state index in [1.165, 1.54) is 0 Å². The van der Waals surface area contributed by atoms with Gasteiger partial charge >= 0.3 is 0 Å². The molecule has 1 aromatic carbocycles. The average Bonchev–Trinajstić information content (AvgIpc) is 2.77. The molecule has 0 spiro atoms. The first-order valence-corrected chi connectivity index (χ1v) is 7.05. The number of nitrogens with zero attached hydrogens (tertiary/aromatic N) is 3. The number of nitrogens with one attached hydrogen (secondary N) is 1. The Bertz CT molecular complexity index is 601. The number of anilines is 1. The molecule has 5 heteroatoms. The second-order valence-electron chi connectivity index (χ2n) is 4.86. The molecule has 108 valence electrons. The van der Waals surface area contributed by atoms with E-state index in [9.17, 15) is 4.79 Å². The van der Waals surface area contributed by atoms with Crippen molar-refractivity contribution in [1.82, 2.24) is 14.5 Å². The summed E-state index contributed by atoms with van der Waals surface area (Å²) in [7, 11) is 1.95. The number of benzene rings is 1. The van der Waals surface area contributed by atoms with Crippen molar-refractivity contribution in [2.45, 2.75) is 26.8 Å². The van der Waals surface area contributed by atoms with Crippen LogP contribution in [0, 0.1) is 0 Å². The first kappa shape index (κ1) is 14.4. The summed E-state index contributed by atoms with van der Waals surface area (Å²) in [6.07, 6.45) is 0. The van der Waals surface area contributed by atoms with E-state index in [2.05, 4.69) is 10.3 Å². The predicted octanol–water partition coefficient (Wildman–Crippen LogP) is 2.24. The van der Waals surface area contributed by atoms with E-state index in [-0.39, 0.29) is 11.9 Å². The molecule has 0 saturated carbocycles. The maximum absolute atomic E-state index is 12.3. The summed E-state index contributed by atoms with van der Waals surface area (Å²) in [6, 6.07) is 7.65. The predicted molar refractivity (Wildman–Crippen MR) is 81.7 cm³/mol. The van der Waals surface area contributed by atoms with Gasteiger partial charge in [-0.15, -0.1) is 0 Å². The van der Waals surface area contributed by atoms with Crippen molar-refractivity contribution in [2.75, 3.05) is 18.4 Å². The van der Waals surface area contributed by atoms with Gasteiger partial charge in [0.15, 0.2) is 0 Å². The van der Waals surface area contributed by atoms with Crippen LogP contribution in [0.25, 0.3) is 11.0 Å². The summed E-state index contributed by atoms with van der Waals surface area (Å²) in [5.74, 6) is 0.821. The number of carbonyl (C=O) groups is 1. The summed E-state index contributed by atoms with van der Waals surface area (Å²) in [4.78, 5) is 18.6. The number of imidazole rings is 1. The lowest BCUT2D eigenvalue weighted by Gasteiger charge is -2.23. The largest absolute Gasteiger partial charge is 0.344 e. The van der Waals surface area contributed by atoms with Crippen LogP contribution >= 0.6 is 0 Å². The minimum atomic E-state index is -0.287. The third-order valence-electron chi connectivity index (χ3n) is 3.58. The summed E-state index contributed by atoms with van der Waals surface area (Å²) in [5, 5.41) is 3.21. The van der Waals surface area contributed by atoms with Gasteiger partial charge in [0.25, 0.3) is 0 Å². The van der Waals surface area contributed by atoms with Crippen molar-refractivity contribution in [1.29, 1.82) is 0 Å². The van der Waals surface area contributed by atoms with E-state index in [4.69, 9.17) is 0 Å². The van der Waals surface area contributed by atoms with Gasteiger partial charge in [-0.3, -0.25) is 4.79 Å². The minimum Gasteiger partial charge on any atom is -0.344 e. The van der Waals surface area contributed by atoms with Gasteiger partial charge in [-0.25, -0.2) is 4.98 Å². The van der Waals surface area contributed by atoms with Crippen molar-refractivity contribution in [2.24, 2.45) is 7.05 Å². The third-order valence-corrected chi connectivity index (χ3v) is 3.58. The fraction of sp³-hybridized carbons (Fsp3) is 0.467. The zero-order valence-electron chi connectivity index (χ0n) is 12.6. The smallest absolute Gasteiger partial charge is 0.244 e. The molecular weight excluding hydrogens is 252 g/mol. The maximum Gasteiger partial charge on any atom is 0.244 e. The van der Waals surface area contributed by atoms with Gasteiger partial charge in [0.05, 0.1) is 11.0 Å². The Balaban J connectivity index is 2.19. The lowest BCUT2D eigenvalue weighted by Crippen LogP contribution is -2.41. The number of aromatic nitrogens is 2. The van der Waals surface area contributed by atoms with E-state index in [0.29, 0.717) is 0 Å². The molecule has 20 heavy (non-hydrogen) atoms. The van der Waals surface area contributed by atoms with E-state index in [1.807, 2.05) is 61.6 Å². The molecule has 2 aromatic rings. The first-order chi connectivity index (χ1) is 9.58. The maximum atomic E-state index is 12.3. The molecule has 0 aliphatic heterocycles. The Morgan fingerprint density at radius 1 is 1.35 bits per heavy atom. The highest BCUT2D eigenvalue weighted by molar-refractivity contribution is 5.85. The second kappa shape index (κ2) is 5.94. The molecular formula is C15H22N4O. The van der Waals surface area contributed by atoms with Gasteiger partial charge < -0.3 is 14.8 Å². The molecule has 0 aliphatic rings. The highest BCUT2D eigenvalue weighted by Gasteiger charge is 2.19. The molecule has 0 aliphatic carbocycles. The van der Waals surface area contributed by atoms with Crippen LogP contribution in [0.1, 0.15) is 20.8 Å². The molecule has 1 aromatic heterocycles. The van der Waals surface area contributed by atoms with Crippen LogP contribution in [0.3, 0.4) is 0 Å². The fourth-order valence-electron chi connectivity index (χ4n) is 2.34. The van der Waals surface area contributed by atoms with Crippen LogP contribution in [0.4, 0.5) is 5.95 Å². The SMILES string of the molecule is CCN(CC)C(=O)C(C)Nc1nc2ccccc2n1C. The molecule has 0 saturated heterocycles. The number of hydrogen-bond donors (Lipinski definition) is 1. The van der Waals surface area contributed by atoms with Crippen LogP contribution in [0.2, 0.25) is 0 Å². The molecule has 0 bridgehead atoms. The van der Waals surface area contributed by atoms with E-state index >= 15 is 0 Å². The summed E-state index contributed by atoms with van der Waals surface area (Å²) >= 11 is 0. The molecule has 1 amide bonds. The van der Waals surface area contributed by atoms with E-state index < -0.39 is 0 Å². The normalized spacial score (nSPS) is 12.4. The van der Waals surface area contributed by atoms with Crippen molar-refractivity contribution >= 4 is 22.9 Å². The van der Waals surface area contributed by atoms with Crippen LogP contribution in [-0.2, 0) is 11.8 Å². The van der Waals surface area contributed by atoms with Crippen LogP contribution in [0.15, 0.2) is 24.3 Å². The quantitative estimate of drug-likeness (QED) is 0.909. The van der Waals surface area contributed by atoms with Gasteiger partial charge in [-0.1, -0.05) is 12.1 Å². The number of fused-ring (bicyclic) bond motifs is 1. The summed E-state index contributed by atoms with van der Waals surface area (Å²) < 4.78 is 1.97. The molecule has 0 radical (unpaired) electrons. The van der Waals surface area contributed by atoms with Gasteiger partial charge in [0.1, 0.15) is 6.04 Å². The van der Waals surface area contributed by atoms with E-state index in [0.717, 1.165) is 30.1 Å². The number of aryl methyl sites for hydroxylation is 1. The highest BCUT2D eigenvalue weighted by atomic mass is 16.2. The zero-order chi connectivity index (χ0) is 14.7. The second-order valence-corrected chi connectivity index (χ2v) is 4.86. The Labute approximate surface area is 119 Å². The van der Waals surface area contributed by atoms with Gasteiger partial charge in [-0.05, 0) is 32.9 Å². The number of para-hydroxylation sites is 2. The first-order valence-electron chi connectivity index (χ1n) is 7.05. The minimum absolute atomic E-state index is 0.0991.